The fourth-order valence-corrected chi connectivity index (χ4v) is 2.77. The van der Waals surface area contributed by atoms with Crippen LogP contribution in [0.2, 0.25) is 5.02 Å². The van der Waals surface area contributed by atoms with E-state index in [-0.39, 0.29) is 24.0 Å². The molecule has 0 spiro atoms. The van der Waals surface area contributed by atoms with Crippen molar-refractivity contribution in [2.24, 2.45) is 4.99 Å². The number of hydrogen-bond acceptors (Lipinski definition) is 3. The molecule has 0 saturated heterocycles. The smallest absolute Gasteiger partial charge is 0.191 e. The molecule has 144 valence electrons. The third-order valence-corrected chi connectivity index (χ3v) is 4.21. The second-order valence-corrected chi connectivity index (χ2v) is 6.30. The van der Waals surface area contributed by atoms with Gasteiger partial charge >= 0.3 is 0 Å². The first-order chi connectivity index (χ1) is 12.8. The molecule has 0 aliphatic rings. The lowest BCUT2D eigenvalue weighted by Gasteiger charge is -2.11. The van der Waals surface area contributed by atoms with Gasteiger partial charge in [0.15, 0.2) is 11.6 Å². The summed E-state index contributed by atoms with van der Waals surface area (Å²) >= 11 is 5.92. The summed E-state index contributed by atoms with van der Waals surface area (Å²) in [5, 5.41) is 15.8. The number of nitrogens with zero attached hydrogens (tertiary/aromatic N) is 4. The normalized spacial score (nSPS) is 11.3. The highest BCUT2D eigenvalue weighted by atomic mass is 127. The molecule has 0 saturated carbocycles. The second kappa shape index (κ2) is 11.1. The van der Waals surface area contributed by atoms with Gasteiger partial charge in [-0.1, -0.05) is 29.8 Å². The summed E-state index contributed by atoms with van der Waals surface area (Å²) in [6, 6.07) is 13.8. The molecule has 0 unspecified atom stereocenters. The van der Waals surface area contributed by atoms with Crippen LogP contribution in [0.5, 0.6) is 0 Å². The van der Waals surface area contributed by atoms with Gasteiger partial charge < -0.3 is 10.6 Å². The minimum absolute atomic E-state index is 0. The van der Waals surface area contributed by atoms with Crippen molar-refractivity contribution in [1.82, 2.24) is 25.2 Å². The number of nitrogens with one attached hydrogen (secondary N) is 2. The summed E-state index contributed by atoms with van der Waals surface area (Å²) in [6.45, 7) is 4.33. The van der Waals surface area contributed by atoms with E-state index >= 15 is 0 Å². The zero-order valence-corrected chi connectivity index (χ0v) is 18.3. The van der Waals surface area contributed by atoms with E-state index in [0.29, 0.717) is 6.54 Å². The largest absolute Gasteiger partial charge is 0.357 e. The average molecular weight is 499 g/mol. The third-order valence-electron chi connectivity index (χ3n) is 3.95. The highest BCUT2D eigenvalue weighted by Gasteiger charge is 2.04. The first-order valence-corrected chi connectivity index (χ1v) is 9.19. The molecule has 27 heavy (non-hydrogen) atoms. The molecule has 2 heterocycles. The van der Waals surface area contributed by atoms with Crippen LogP contribution < -0.4 is 10.6 Å². The Hall–Kier alpha value is -1.87. The van der Waals surface area contributed by atoms with Crippen molar-refractivity contribution in [3.05, 3.63) is 65.1 Å². The Morgan fingerprint density at radius 2 is 1.89 bits per heavy atom. The molecule has 3 aromatic rings. The van der Waals surface area contributed by atoms with Gasteiger partial charge in [-0.05, 0) is 43.2 Å². The van der Waals surface area contributed by atoms with Crippen molar-refractivity contribution in [3.63, 3.8) is 0 Å². The summed E-state index contributed by atoms with van der Waals surface area (Å²) in [5.41, 5.74) is 2.10. The van der Waals surface area contributed by atoms with Gasteiger partial charge in [-0.15, -0.1) is 34.2 Å². The first-order valence-electron chi connectivity index (χ1n) is 8.81. The molecule has 2 N–H and O–H groups in total. The quantitative estimate of drug-likeness (QED) is 0.298. The molecule has 6 nitrogen and oxygen atoms in total. The number of halogens is 2. The average Bonchev–Trinajstić information content (AvgIpc) is 3.07. The van der Waals surface area contributed by atoms with E-state index in [9.17, 15) is 0 Å². The minimum atomic E-state index is 0. The van der Waals surface area contributed by atoms with Crippen LogP contribution in [0.3, 0.4) is 0 Å². The second-order valence-electron chi connectivity index (χ2n) is 5.86. The zero-order chi connectivity index (χ0) is 18.2. The van der Waals surface area contributed by atoms with Crippen LogP contribution in [-0.2, 0) is 12.8 Å². The lowest BCUT2D eigenvalue weighted by molar-refractivity contribution is 0.785. The summed E-state index contributed by atoms with van der Waals surface area (Å²) in [6.07, 6.45) is 3.62. The maximum absolute atomic E-state index is 5.92. The minimum Gasteiger partial charge on any atom is -0.357 e. The number of guanidine groups is 1. The number of benzene rings is 1. The van der Waals surface area contributed by atoms with Gasteiger partial charge in [0.1, 0.15) is 5.82 Å². The van der Waals surface area contributed by atoms with Crippen molar-refractivity contribution in [2.45, 2.75) is 19.8 Å². The van der Waals surface area contributed by atoms with Crippen molar-refractivity contribution >= 4 is 47.2 Å². The Balaban J connectivity index is 0.00000261. The van der Waals surface area contributed by atoms with Crippen LogP contribution in [0.4, 0.5) is 0 Å². The Kier molecular flexibility index (Phi) is 8.80. The maximum atomic E-state index is 5.92. The summed E-state index contributed by atoms with van der Waals surface area (Å²) < 4.78 is 2.00. The number of fused-ring (bicyclic) bond motifs is 1. The van der Waals surface area contributed by atoms with Crippen molar-refractivity contribution in [1.29, 1.82) is 0 Å². The molecule has 1 aromatic carbocycles. The van der Waals surface area contributed by atoms with Gasteiger partial charge in [0.2, 0.25) is 0 Å². The molecule has 0 radical (unpaired) electrons. The predicted octanol–water partition coefficient (Wildman–Crippen LogP) is 3.34. The van der Waals surface area contributed by atoms with E-state index in [4.69, 9.17) is 11.6 Å². The topological polar surface area (TPSA) is 66.6 Å². The van der Waals surface area contributed by atoms with Crippen LogP contribution in [0.25, 0.3) is 5.65 Å². The lowest BCUT2D eigenvalue weighted by Crippen LogP contribution is -2.38. The Bertz CT molecular complexity index is 862. The number of aromatic nitrogens is 3. The molecular weight excluding hydrogens is 475 g/mol. The van der Waals surface area contributed by atoms with E-state index in [1.165, 1.54) is 5.56 Å². The van der Waals surface area contributed by atoms with E-state index < -0.39 is 0 Å². The molecular formula is C19H24ClIN6. The van der Waals surface area contributed by atoms with E-state index in [2.05, 4.69) is 32.7 Å². The first kappa shape index (κ1) is 21.4. The van der Waals surface area contributed by atoms with E-state index in [1.807, 2.05) is 53.1 Å². The molecule has 8 heteroatoms. The summed E-state index contributed by atoms with van der Waals surface area (Å²) in [5.74, 6) is 1.73. The van der Waals surface area contributed by atoms with Gasteiger partial charge in [0.25, 0.3) is 0 Å². The number of pyridine rings is 1. The number of hydrogen-bond donors (Lipinski definition) is 2. The summed E-state index contributed by atoms with van der Waals surface area (Å²) in [4.78, 5) is 4.63. The number of rotatable bonds is 7. The Morgan fingerprint density at radius 1 is 1.07 bits per heavy atom. The SMILES string of the molecule is CCNC(=NCCc1nnc2ccccn12)NCCc1ccc(Cl)cc1.I. The third kappa shape index (κ3) is 6.35. The van der Waals surface area contributed by atoms with Crippen LogP contribution >= 0.6 is 35.6 Å². The zero-order valence-electron chi connectivity index (χ0n) is 15.2. The molecule has 3 rings (SSSR count). The molecule has 0 aliphatic heterocycles. The summed E-state index contributed by atoms with van der Waals surface area (Å²) in [7, 11) is 0. The van der Waals surface area contributed by atoms with Crippen molar-refractivity contribution in [2.75, 3.05) is 19.6 Å². The highest BCUT2D eigenvalue weighted by Crippen LogP contribution is 2.09. The molecule has 0 fully saturated rings. The molecule has 0 atom stereocenters. The maximum Gasteiger partial charge on any atom is 0.191 e. The molecule has 0 aliphatic carbocycles. The van der Waals surface area contributed by atoms with Gasteiger partial charge in [-0.2, -0.15) is 0 Å². The number of aliphatic imine (C=N–C) groups is 1. The predicted molar refractivity (Wildman–Crippen MR) is 121 cm³/mol. The van der Waals surface area contributed by atoms with Crippen LogP contribution in [0, 0.1) is 0 Å². The molecule has 0 bridgehead atoms. The fraction of sp³-hybridized carbons (Fsp3) is 0.316. The standard InChI is InChI=1S/C19H23ClN6.HI/c1-2-21-19(22-12-10-15-6-8-16(20)9-7-15)23-13-11-18-25-24-17-5-3-4-14-26(17)18;/h3-9,14H,2,10-13H2,1H3,(H2,21,22,23);1H. The van der Waals surface area contributed by atoms with Crippen molar-refractivity contribution < 1.29 is 0 Å². The Labute approximate surface area is 181 Å². The monoisotopic (exact) mass is 498 g/mol. The highest BCUT2D eigenvalue weighted by molar-refractivity contribution is 14.0. The van der Waals surface area contributed by atoms with Gasteiger partial charge in [-0.25, -0.2) is 0 Å². The van der Waals surface area contributed by atoms with Crippen molar-refractivity contribution in [3.8, 4) is 0 Å². The molecule has 0 amide bonds. The van der Waals surface area contributed by atoms with E-state index in [0.717, 1.165) is 48.4 Å². The van der Waals surface area contributed by atoms with E-state index in [1.54, 1.807) is 0 Å². The van der Waals surface area contributed by atoms with Gasteiger partial charge in [-0.3, -0.25) is 9.39 Å². The lowest BCUT2D eigenvalue weighted by atomic mass is 10.1. The van der Waals surface area contributed by atoms with Crippen LogP contribution in [0.15, 0.2) is 53.7 Å². The van der Waals surface area contributed by atoms with Gasteiger partial charge in [0, 0.05) is 37.3 Å². The molecule has 2 aromatic heterocycles. The van der Waals surface area contributed by atoms with Crippen LogP contribution in [-0.4, -0.2) is 40.2 Å². The van der Waals surface area contributed by atoms with Crippen LogP contribution in [0.1, 0.15) is 18.3 Å². The fourth-order valence-electron chi connectivity index (χ4n) is 2.65. The Morgan fingerprint density at radius 3 is 2.67 bits per heavy atom. The van der Waals surface area contributed by atoms with Gasteiger partial charge in [0.05, 0.1) is 0 Å².